The summed E-state index contributed by atoms with van der Waals surface area (Å²) >= 11 is 0. The highest BCUT2D eigenvalue weighted by atomic mass is 16.5. The Labute approximate surface area is 126 Å². The highest BCUT2D eigenvalue weighted by Gasteiger charge is 2.06. The number of aromatic nitrogens is 4. The predicted molar refractivity (Wildman–Crippen MR) is 83.6 cm³/mol. The van der Waals surface area contributed by atoms with Crippen LogP contribution in [0.2, 0.25) is 0 Å². The summed E-state index contributed by atoms with van der Waals surface area (Å²) in [6.45, 7) is 9.43. The van der Waals surface area contributed by atoms with Crippen LogP contribution in [0.5, 0.6) is 0 Å². The van der Waals surface area contributed by atoms with Gasteiger partial charge in [0.25, 0.3) is 0 Å². The van der Waals surface area contributed by atoms with Crippen LogP contribution < -0.4 is 5.32 Å². The third kappa shape index (κ3) is 4.32. The van der Waals surface area contributed by atoms with Gasteiger partial charge in [0.1, 0.15) is 0 Å². The fourth-order valence-corrected chi connectivity index (χ4v) is 2.42. The lowest BCUT2D eigenvalue weighted by Crippen LogP contribution is -2.13. The molecule has 2 aromatic rings. The van der Waals surface area contributed by atoms with E-state index in [1.54, 1.807) is 7.11 Å². The fraction of sp³-hybridized carbons (Fsp3) is 0.600. The smallest absolute Gasteiger partial charge is 0.203 e. The van der Waals surface area contributed by atoms with Crippen LogP contribution in [0.15, 0.2) is 12.3 Å². The summed E-state index contributed by atoms with van der Waals surface area (Å²) in [7, 11) is 1.70. The van der Waals surface area contributed by atoms with Gasteiger partial charge < -0.3 is 14.6 Å². The molecule has 0 aliphatic heterocycles. The van der Waals surface area contributed by atoms with Crippen molar-refractivity contribution in [2.75, 3.05) is 25.6 Å². The summed E-state index contributed by atoms with van der Waals surface area (Å²) in [6.07, 6.45) is 3.10. The van der Waals surface area contributed by atoms with Gasteiger partial charge >= 0.3 is 0 Å². The maximum atomic E-state index is 5.05. The van der Waals surface area contributed by atoms with E-state index in [1.165, 1.54) is 5.69 Å². The molecule has 6 nitrogen and oxygen atoms in total. The van der Waals surface area contributed by atoms with Gasteiger partial charge in [0.05, 0.1) is 18.0 Å². The molecule has 2 aromatic heterocycles. The fourth-order valence-electron chi connectivity index (χ4n) is 2.42. The minimum atomic E-state index is 0.678. The second-order valence-electron chi connectivity index (χ2n) is 5.32. The molecule has 6 heteroatoms. The Bertz CT molecular complexity index is 573. The van der Waals surface area contributed by atoms with Crippen LogP contribution in [0.25, 0.3) is 0 Å². The Hall–Kier alpha value is -1.82. The molecule has 0 aliphatic carbocycles. The average molecular weight is 291 g/mol. The molecule has 2 heterocycles. The standard InChI is InChI=1S/C15H25N5O/c1-12-10-14(3)20(18-12)8-5-7-19-11-13(2)17-15(19)16-6-9-21-4/h10-11H,5-9H2,1-4H3,(H,16,17). The van der Waals surface area contributed by atoms with Crippen molar-refractivity contribution in [2.24, 2.45) is 0 Å². The number of nitrogens with zero attached hydrogens (tertiary/aromatic N) is 4. The molecule has 0 spiro atoms. The molecule has 2 rings (SSSR count). The number of methoxy groups -OCH3 is 1. The molecule has 0 saturated heterocycles. The number of nitrogens with one attached hydrogen (secondary N) is 1. The van der Waals surface area contributed by atoms with E-state index in [0.29, 0.717) is 6.61 Å². The van der Waals surface area contributed by atoms with E-state index >= 15 is 0 Å². The summed E-state index contributed by atoms with van der Waals surface area (Å²) in [5.41, 5.74) is 3.32. The molecule has 21 heavy (non-hydrogen) atoms. The van der Waals surface area contributed by atoms with E-state index in [2.05, 4.69) is 43.8 Å². The molecule has 0 amide bonds. The highest BCUT2D eigenvalue weighted by molar-refractivity contribution is 5.28. The number of ether oxygens (including phenoxy) is 1. The second kappa shape index (κ2) is 7.26. The number of rotatable bonds is 8. The predicted octanol–water partition coefficient (Wildman–Crippen LogP) is 2.15. The zero-order valence-electron chi connectivity index (χ0n) is 13.4. The van der Waals surface area contributed by atoms with Gasteiger partial charge in [0.2, 0.25) is 5.95 Å². The van der Waals surface area contributed by atoms with Crippen LogP contribution in [0.3, 0.4) is 0 Å². The van der Waals surface area contributed by atoms with Gasteiger partial charge in [-0.3, -0.25) is 4.68 Å². The molecule has 116 valence electrons. The van der Waals surface area contributed by atoms with Crippen molar-refractivity contribution in [3.05, 3.63) is 29.3 Å². The van der Waals surface area contributed by atoms with E-state index in [0.717, 1.165) is 43.4 Å². The Kier molecular flexibility index (Phi) is 5.38. The number of hydrogen-bond donors (Lipinski definition) is 1. The Morgan fingerprint density at radius 3 is 2.67 bits per heavy atom. The van der Waals surface area contributed by atoms with E-state index in [1.807, 2.05) is 13.8 Å². The first-order valence-corrected chi connectivity index (χ1v) is 7.38. The lowest BCUT2D eigenvalue weighted by Gasteiger charge is -2.10. The SMILES string of the molecule is COCCNc1nc(C)cn1CCCn1nc(C)cc1C. The van der Waals surface area contributed by atoms with Crippen molar-refractivity contribution in [3.63, 3.8) is 0 Å². The molecule has 1 N–H and O–H groups in total. The maximum absolute atomic E-state index is 5.05. The number of imidazole rings is 1. The van der Waals surface area contributed by atoms with Gasteiger partial charge in [-0.2, -0.15) is 5.10 Å². The highest BCUT2D eigenvalue weighted by Crippen LogP contribution is 2.10. The summed E-state index contributed by atoms with van der Waals surface area (Å²) in [5, 5.41) is 7.79. The Morgan fingerprint density at radius 2 is 2.00 bits per heavy atom. The molecular weight excluding hydrogens is 266 g/mol. The lowest BCUT2D eigenvalue weighted by molar-refractivity contribution is 0.210. The summed E-state index contributed by atoms with van der Waals surface area (Å²) in [5.74, 6) is 0.915. The molecular formula is C15H25N5O. The lowest BCUT2D eigenvalue weighted by atomic mass is 10.4. The van der Waals surface area contributed by atoms with Crippen molar-refractivity contribution in [3.8, 4) is 0 Å². The van der Waals surface area contributed by atoms with Crippen LogP contribution in [-0.4, -0.2) is 39.6 Å². The quantitative estimate of drug-likeness (QED) is 0.757. The van der Waals surface area contributed by atoms with Gasteiger partial charge in [-0.05, 0) is 33.3 Å². The van der Waals surface area contributed by atoms with E-state index in [-0.39, 0.29) is 0 Å². The van der Waals surface area contributed by atoms with Crippen molar-refractivity contribution in [1.82, 2.24) is 19.3 Å². The molecule has 0 fully saturated rings. The molecule has 0 unspecified atom stereocenters. The van der Waals surface area contributed by atoms with Crippen LogP contribution >= 0.6 is 0 Å². The zero-order valence-corrected chi connectivity index (χ0v) is 13.4. The van der Waals surface area contributed by atoms with Crippen LogP contribution in [-0.2, 0) is 17.8 Å². The summed E-state index contributed by atoms with van der Waals surface area (Å²) < 4.78 is 9.28. The Morgan fingerprint density at radius 1 is 1.19 bits per heavy atom. The van der Waals surface area contributed by atoms with Crippen molar-refractivity contribution < 1.29 is 4.74 Å². The summed E-state index contributed by atoms with van der Waals surface area (Å²) in [4.78, 5) is 4.50. The third-order valence-corrected chi connectivity index (χ3v) is 3.36. The number of anilines is 1. The molecule has 0 saturated carbocycles. The molecule has 0 atom stereocenters. The number of aryl methyl sites for hydroxylation is 5. The second-order valence-corrected chi connectivity index (χ2v) is 5.32. The first kappa shape index (κ1) is 15.6. The van der Waals surface area contributed by atoms with E-state index < -0.39 is 0 Å². The van der Waals surface area contributed by atoms with Gasteiger partial charge in [-0.15, -0.1) is 0 Å². The number of hydrogen-bond acceptors (Lipinski definition) is 4. The van der Waals surface area contributed by atoms with Gasteiger partial charge in [0, 0.05) is 38.6 Å². The van der Waals surface area contributed by atoms with Gasteiger partial charge in [-0.1, -0.05) is 0 Å². The molecule has 0 aromatic carbocycles. The maximum Gasteiger partial charge on any atom is 0.203 e. The molecule has 0 bridgehead atoms. The first-order valence-electron chi connectivity index (χ1n) is 7.38. The first-order chi connectivity index (χ1) is 10.1. The van der Waals surface area contributed by atoms with Crippen molar-refractivity contribution in [1.29, 1.82) is 0 Å². The topological polar surface area (TPSA) is 56.9 Å². The minimum absolute atomic E-state index is 0.678. The van der Waals surface area contributed by atoms with Crippen LogP contribution in [0.4, 0.5) is 5.95 Å². The van der Waals surface area contributed by atoms with Crippen LogP contribution in [0.1, 0.15) is 23.5 Å². The largest absolute Gasteiger partial charge is 0.383 e. The molecule has 0 radical (unpaired) electrons. The third-order valence-electron chi connectivity index (χ3n) is 3.36. The zero-order chi connectivity index (χ0) is 15.2. The van der Waals surface area contributed by atoms with Gasteiger partial charge in [-0.25, -0.2) is 4.98 Å². The Balaban J connectivity index is 1.89. The van der Waals surface area contributed by atoms with E-state index in [9.17, 15) is 0 Å². The van der Waals surface area contributed by atoms with Crippen molar-refractivity contribution >= 4 is 5.95 Å². The normalized spacial score (nSPS) is 11.0. The van der Waals surface area contributed by atoms with Crippen LogP contribution in [0, 0.1) is 20.8 Å². The monoisotopic (exact) mass is 291 g/mol. The summed E-state index contributed by atoms with van der Waals surface area (Å²) in [6, 6.07) is 2.11. The average Bonchev–Trinajstić information content (AvgIpc) is 2.93. The van der Waals surface area contributed by atoms with Crippen molar-refractivity contribution in [2.45, 2.75) is 40.3 Å². The van der Waals surface area contributed by atoms with E-state index in [4.69, 9.17) is 4.74 Å². The van der Waals surface area contributed by atoms with Gasteiger partial charge in [0.15, 0.2) is 0 Å². The minimum Gasteiger partial charge on any atom is -0.383 e. The molecule has 0 aliphatic rings.